The Morgan fingerprint density at radius 3 is 2.37 bits per heavy atom. The molecule has 0 aromatic carbocycles. The van der Waals surface area contributed by atoms with Crippen molar-refractivity contribution >= 4 is 5.91 Å². The second-order valence-corrected chi connectivity index (χ2v) is 6.25. The van der Waals surface area contributed by atoms with Crippen LogP contribution in [0, 0.1) is 5.92 Å². The highest BCUT2D eigenvalue weighted by Gasteiger charge is 2.32. The first kappa shape index (κ1) is 14.8. The maximum atomic E-state index is 12.4. The standard InChI is InChI=1S/C15H28N2O2/c1-12(17-9-5-3-4-6-10-17)15(19)16(2)11-14(18)13-7-8-13/h12-14,18H,3-11H2,1-2H3. The molecule has 4 heteroatoms. The van der Waals surface area contributed by atoms with Gasteiger partial charge in [0, 0.05) is 13.6 Å². The van der Waals surface area contributed by atoms with E-state index in [-0.39, 0.29) is 18.1 Å². The van der Waals surface area contributed by atoms with Crippen LogP contribution in [0.5, 0.6) is 0 Å². The van der Waals surface area contributed by atoms with Gasteiger partial charge in [0.1, 0.15) is 0 Å². The minimum atomic E-state index is -0.328. The van der Waals surface area contributed by atoms with E-state index in [4.69, 9.17) is 0 Å². The molecule has 2 unspecified atom stereocenters. The number of amides is 1. The zero-order chi connectivity index (χ0) is 13.8. The Balaban J connectivity index is 1.82. The minimum absolute atomic E-state index is 0.0468. The molecule has 2 aliphatic rings. The fourth-order valence-corrected chi connectivity index (χ4v) is 2.96. The summed E-state index contributed by atoms with van der Waals surface area (Å²) in [5.41, 5.74) is 0. The molecule has 1 saturated carbocycles. The van der Waals surface area contributed by atoms with E-state index in [0.717, 1.165) is 25.9 Å². The second-order valence-electron chi connectivity index (χ2n) is 6.25. The van der Waals surface area contributed by atoms with E-state index < -0.39 is 0 Å². The smallest absolute Gasteiger partial charge is 0.239 e. The first-order chi connectivity index (χ1) is 9.09. The number of hydrogen-bond donors (Lipinski definition) is 1. The van der Waals surface area contributed by atoms with Crippen LogP contribution in [0.4, 0.5) is 0 Å². The topological polar surface area (TPSA) is 43.8 Å². The van der Waals surface area contributed by atoms with Gasteiger partial charge in [-0.05, 0) is 51.6 Å². The SMILES string of the molecule is CC(C(=O)N(C)CC(O)C1CC1)N1CCCCCC1. The quantitative estimate of drug-likeness (QED) is 0.821. The van der Waals surface area contributed by atoms with Gasteiger partial charge in [0.25, 0.3) is 0 Å². The highest BCUT2D eigenvalue weighted by Crippen LogP contribution is 2.32. The number of aliphatic hydroxyl groups is 1. The molecule has 0 aromatic rings. The summed E-state index contributed by atoms with van der Waals surface area (Å²) in [6, 6.07) is -0.0468. The zero-order valence-corrected chi connectivity index (χ0v) is 12.3. The lowest BCUT2D eigenvalue weighted by atomic mass is 10.2. The molecule has 19 heavy (non-hydrogen) atoms. The van der Waals surface area contributed by atoms with Crippen LogP contribution in [-0.2, 0) is 4.79 Å². The van der Waals surface area contributed by atoms with E-state index in [2.05, 4.69) is 4.90 Å². The minimum Gasteiger partial charge on any atom is -0.391 e. The molecular formula is C15H28N2O2. The van der Waals surface area contributed by atoms with Gasteiger partial charge in [-0.15, -0.1) is 0 Å². The molecule has 4 nitrogen and oxygen atoms in total. The van der Waals surface area contributed by atoms with Crippen molar-refractivity contribution in [2.24, 2.45) is 5.92 Å². The number of rotatable bonds is 5. The van der Waals surface area contributed by atoms with Gasteiger partial charge in [-0.1, -0.05) is 12.8 Å². The maximum Gasteiger partial charge on any atom is 0.239 e. The third-order valence-corrected chi connectivity index (χ3v) is 4.55. The predicted octanol–water partition coefficient (Wildman–Crippen LogP) is 1.48. The van der Waals surface area contributed by atoms with Crippen LogP contribution in [0.15, 0.2) is 0 Å². The molecule has 2 atom stereocenters. The molecule has 1 heterocycles. The molecular weight excluding hydrogens is 240 g/mol. The van der Waals surface area contributed by atoms with Gasteiger partial charge < -0.3 is 10.0 Å². The lowest BCUT2D eigenvalue weighted by Gasteiger charge is -2.31. The van der Waals surface area contributed by atoms with Crippen LogP contribution in [0.3, 0.4) is 0 Å². The van der Waals surface area contributed by atoms with Gasteiger partial charge >= 0.3 is 0 Å². The van der Waals surface area contributed by atoms with Crippen LogP contribution < -0.4 is 0 Å². The summed E-state index contributed by atoms with van der Waals surface area (Å²) < 4.78 is 0. The Bertz CT molecular complexity index is 297. The molecule has 0 bridgehead atoms. The number of likely N-dealkylation sites (N-methyl/N-ethyl adjacent to an activating group) is 1. The van der Waals surface area contributed by atoms with E-state index in [1.807, 2.05) is 14.0 Å². The number of nitrogens with zero attached hydrogens (tertiary/aromatic N) is 2. The van der Waals surface area contributed by atoms with Gasteiger partial charge in [-0.25, -0.2) is 0 Å². The van der Waals surface area contributed by atoms with Crippen LogP contribution in [-0.4, -0.2) is 59.6 Å². The van der Waals surface area contributed by atoms with Crippen molar-refractivity contribution in [3.05, 3.63) is 0 Å². The van der Waals surface area contributed by atoms with E-state index in [1.165, 1.54) is 25.7 Å². The summed E-state index contributed by atoms with van der Waals surface area (Å²) >= 11 is 0. The first-order valence-electron chi connectivity index (χ1n) is 7.76. The summed E-state index contributed by atoms with van der Waals surface area (Å²) in [5.74, 6) is 0.588. The van der Waals surface area contributed by atoms with Crippen molar-refractivity contribution in [2.45, 2.75) is 57.6 Å². The Morgan fingerprint density at radius 1 is 1.26 bits per heavy atom. The Hall–Kier alpha value is -0.610. The molecule has 2 fully saturated rings. The Kier molecular flexibility index (Phi) is 5.22. The van der Waals surface area contributed by atoms with Gasteiger partial charge in [-0.3, -0.25) is 9.69 Å². The lowest BCUT2D eigenvalue weighted by Crippen LogP contribution is -2.48. The molecule has 1 aliphatic carbocycles. The van der Waals surface area contributed by atoms with Crippen LogP contribution in [0.1, 0.15) is 45.4 Å². The molecule has 0 spiro atoms. The third kappa shape index (κ3) is 4.18. The molecule has 1 amide bonds. The van der Waals surface area contributed by atoms with Crippen LogP contribution >= 0.6 is 0 Å². The zero-order valence-electron chi connectivity index (χ0n) is 12.3. The fraction of sp³-hybridized carbons (Fsp3) is 0.933. The molecule has 0 radical (unpaired) electrons. The molecule has 1 saturated heterocycles. The van der Waals surface area contributed by atoms with Crippen molar-refractivity contribution in [1.82, 2.24) is 9.80 Å². The van der Waals surface area contributed by atoms with Crippen molar-refractivity contribution < 1.29 is 9.90 Å². The molecule has 110 valence electrons. The Labute approximate surface area is 116 Å². The summed E-state index contributed by atoms with van der Waals surface area (Å²) in [6.45, 7) is 4.56. The molecule has 0 aromatic heterocycles. The van der Waals surface area contributed by atoms with Crippen molar-refractivity contribution in [2.75, 3.05) is 26.7 Å². The summed E-state index contributed by atoms with van der Waals surface area (Å²) in [7, 11) is 1.82. The predicted molar refractivity (Wildman–Crippen MR) is 75.9 cm³/mol. The fourth-order valence-electron chi connectivity index (χ4n) is 2.96. The maximum absolute atomic E-state index is 12.4. The van der Waals surface area contributed by atoms with Crippen molar-refractivity contribution in [3.8, 4) is 0 Å². The van der Waals surface area contributed by atoms with Gasteiger partial charge in [0.05, 0.1) is 12.1 Å². The average molecular weight is 268 g/mol. The van der Waals surface area contributed by atoms with E-state index in [0.29, 0.717) is 12.5 Å². The van der Waals surface area contributed by atoms with E-state index in [1.54, 1.807) is 4.90 Å². The van der Waals surface area contributed by atoms with Gasteiger partial charge in [-0.2, -0.15) is 0 Å². The van der Waals surface area contributed by atoms with E-state index in [9.17, 15) is 9.90 Å². The van der Waals surface area contributed by atoms with Gasteiger partial charge in [0.15, 0.2) is 0 Å². The second kappa shape index (κ2) is 6.71. The molecule has 2 rings (SSSR count). The van der Waals surface area contributed by atoms with Crippen molar-refractivity contribution in [3.63, 3.8) is 0 Å². The van der Waals surface area contributed by atoms with Crippen LogP contribution in [0.2, 0.25) is 0 Å². The summed E-state index contributed by atoms with van der Waals surface area (Å²) in [5, 5.41) is 9.94. The number of hydrogen-bond acceptors (Lipinski definition) is 3. The highest BCUT2D eigenvalue weighted by atomic mass is 16.3. The summed E-state index contributed by atoms with van der Waals surface area (Å²) in [4.78, 5) is 16.4. The number of carbonyl (C=O) groups is 1. The van der Waals surface area contributed by atoms with E-state index >= 15 is 0 Å². The average Bonchev–Trinajstić information content (AvgIpc) is 3.22. The lowest BCUT2D eigenvalue weighted by molar-refractivity contribution is -0.136. The largest absolute Gasteiger partial charge is 0.391 e. The Morgan fingerprint density at radius 2 is 1.84 bits per heavy atom. The third-order valence-electron chi connectivity index (χ3n) is 4.55. The highest BCUT2D eigenvalue weighted by molar-refractivity contribution is 5.81. The van der Waals surface area contributed by atoms with Crippen molar-refractivity contribution in [1.29, 1.82) is 0 Å². The normalized spacial score (nSPS) is 24.6. The monoisotopic (exact) mass is 268 g/mol. The number of likely N-dealkylation sites (tertiary alicyclic amines) is 1. The van der Waals surface area contributed by atoms with Crippen LogP contribution in [0.25, 0.3) is 0 Å². The molecule has 1 aliphatic heterocycles. The first-order valence-corrected chi connectivity index (χ1v) is 7.76. The summed E-state index contributed by atoms with van der Waals surface area (Å²) in [6.07, 6.45) is 6.88. The van der Waals surface area contributed by atoms with Gasteiger partial charge in [0.2, 0.25) is 5.91 Å². The number of carbonyl (C=O) groups excluding carboxylic acids is 1. The number of aliphatic hydroxyl groups excluding tert-OH is 1. The molecule has 1 N–H and O–H groups in total.